The summed E-state index contributed by atoms with van der Waals surface area (Å²) in [4.78, 5) is 25.7. The van der Waals surface area contributed by atoms with Crippen LogP contribution in [0.4, 0.5) is 0 Å². The molecule has 0 saturated heterocycles. The maximum absolute atomic E-state index is 12.5. The van der Waals surface area contributed by atoms with Crippen molar-refractivity contribution in [3.8, 4) is 0 Å². The van der Waals surface area contributed by atoms with Crippen LogP contribution in [0.1, 0.15) is 40.5 Å². The molecule has 0 heterocycles. The van der Waals surface area contributed by atoms with Crippen molar-refractivity contribution in [3.63, 3.8) is 0 Å². The fourth-order valence-electron chi connectivity index (χ4n) is 2.03. The molecule has 0 aliphatic carbocycles. The number of carbonyl (C=O) groups is 2. The number of thiocarbonyl (C=S) groups is 1. The van der Waals surface area contributed by atoms with Crippen LogP contribution in [0.5, 0.6) is 0 Å². The number of nitrogens with two attached hydrogens (primary N) is 1. The highest BCUT2D eigenvalue weighted by Gasteiger charge is 2.40. The molecule has 0 aromatic heterocycles. The summed E-state index contributed by atoms with van der Waals surface area (Å²) in [6.45, 7) is 7.51. The van der Waals surface area contributed by atoms with E-state index in [4.69, 9.17) is 18.0 Å². The van der Waals surface area contributed by atoms with Crippen LogP contribution in [0.15, 0.2) is 0 Å². The molecule has 0 fully saturated rings. The smallest absolute Gasteiger partial charge is 0.239 e. The molecule has 0 rings (SSSR count). The van der Waals surface area contributed by atoms with Crippen molar-refractivity contribution in [3.05, 3.63) is 0 Å². The summed E-state index contributed by atoms with van der Waals surface area (Å²) in [5, 5.41) is 2.75. The van der Waals surface area contributed by atoms with Gasteiger partial charge in [-0.2, -0.15) is 0 Å². The Morgan fingerprint density at radius 3 is 2.11 bits per heavy atom. The maximum atomic E-state index is 12.5. The molecule has 0 saturated carbocycles. The summed E-state index contributed by atoms with van der Waals surface area (Å²) in [5.74, 6) is -0.376. The molecule has 110 valence electrons. The summed E-state index contributed by atoms with van der Waals surface area (Å²) >= 11 is 5.04. The topological polar surface area (TPSA) is 75.4 Å². The molecule has 0 aliphatic heterocycles. The average Bonchev–Trinajstić information content (AvgIpc) is 2.29. The van der Waals surface area contributed by atoms with Crippen LogP contribution in [0.3, 0.4) is 0 Å². The van der Waals surface area contributed by atoms with Crippen molar-refractivity contribution in [1.29, 1.82) is 0 Å². The molecule has 19 heavy (non-hydrogen) atoms. The number of likely N-dealkylation sites (N-methyl/N-ethyl adjacent to an activating group) is 1. The van der Waals surface area contributed by atoms with E-state index in [1.54, 1.807) is 7.05 Å². The summed E-state index contributed by atoms with van der Waals surface area (Å²) < 4.78 is 0. The Hall–Kier alpha value is -1.17. The second-order valence-corrected chi connectivity index (χ2v) is 5.48. The molecule has 0 atom stereocenters. The molecule has 0 aromatic carbocycles. The SMILES string of the molecule is CCC(CC)(C(=O)N(C)CC(=O)NC(C)C)C(N)=S. The third kappa shape index (κ3) is 4.45. The van der Waals surface area contributed by atoms with Gasteiger partial charge >= 0.3 is 0 Å². The molecule has 2 amide bonds. The number of nitrogens with zero attached hydrogens (tertiary/aromatic N) is 1. The monoisotopic (exact) mass is 287 g/mol. The van der Waals surface area contributed by atoms with Gasteiger partial charge in [-0.1, -0.05) is 26.1 Å². The minimum absolute atomic E-state index is 0.0153. The normalized spacial score (nSPS) is 11.3. The van der Waals surface area contributed by atoms with Crippen molar-refractivity contribution in [2.24, 2.45) is 11.1 Å². The van der Waals surface area contributed by atoms with Crippen molar-refractivity contribution in [2.45, 2.75) is 46.6 Å². The molecule has 0 unspecified atom stereocenters. The van der Waals surface area contributed by atoms with Gasteiger partial charge < -0.3 is 16.0 Å². The predicted octanol–water partition coefficient (Wildman–Crippen LogP) is 1.06. The van der Waals surface area contributed by atoms with Crippen LogP contribution in [-0.2, 0) is 9.59 Å². The van der Waals surface area contributed by atoms with Crippen LogP contribution in [0, 0.1) is 5.41 Å². The third-order valence-corrected chi connectivity index (χ3v) is 3.66. The summed E-state index contributed by atoms with van der Waals surface area (Å²) in [7, 11) is 1.60. The Kier molecular flexibility index (Phi) is 6.97. The number of carbonyl (C=O) groups excluding carboxylic acids is 2. The molecule has 0 spiro atoms. The summed E-state index contributed by atoms with van der Waals surface area (Å²) in [5.41, 5.74) is 4.88. The van der Waals surface area contributed by atoms with Crippen molar-refractivity contribution < 1.29 is 9.59 Å². The zero-order valence-corrected chi connectivity index (χ0v) is 13.3. The Labute approximate surface area is 120 Å². The largest absolute Gasteiger partial charge is 0.392 e. The van der Waals surface area contributed by atoms with E-state index in [9.17, 15) is 9.59 Å². The van der Waals surface area contributed by atoms with Gasteiger partial charge in [0.15, 0.2) is 0 Å². The van der Waals surface area contributed by atoms with Gasteiger partial charge in [0.1, 0.15) is 0 Å². The summed E-state index contributed by atoms with van der Waals surface area (Å²) in [6, 6.07) is 0.0497. The molecule has 0 bridgehead atoms. The standard InChI is InChI=1S/C13H25N3O2S/c1-6-13(7-2,11(14)19)12(18)16(5)8-10(17)15-9(3)4/h9H,6-8H2,1-5H3,(H2,14,19)(H,15,17). The highest BCUT2D eigenvalue weighted by atomic mass is 32.1. The van der Waals surface area contributed by atoms with Crippen LogP contribution in [0.2, 0.25) is 0 Å². The molecular formula is C13H25N3O2S. The Morgan fingerprint density at radius 2 is 1.79 bits per heavy atom. The molecular weight excluding hydrogens is 262 g/mol. The third-order valence-electron chi connectivity index (χ3n) is 3.27. The Balaban J connectivity index is 4.88. The van der Waals surface area contributed by atoms with Crippen LogP contribution in [-0.4, -0.2) is 41.3 Å². The molecule has 0 aliphatic rings. The average molecular weight is 287 g/mol. The molecule has 0 radical (unpaired) electrons. The van der Waals surface area contributed by atoms with Crippen LogP contribution < -0.4 is 11.1 Å². The number of hydrogen-bond donors (Lipinski definition) is 2. The van der Waals surface area contributed by atoms with Gasteiger partial charge in [-0.15, -0.1) is 0 Å². The van der Waals surface area contributed by atoms with Crippen molar-refractivity contribution in [1.82, 2.24) is 10.2 Å². The fraction of sp³-hybridized carbons (Fsp3) is 0.769. The Morgan fingerprint density at radius 1 is 1.32 bits per heavy atom. The van der Waals surface area contributed by atoms with E-state index >= 15 is 0 Å². The van der Waals surface area contributed by atoms with Crippen molar-refractivity contribution >= 4 is 29.0 Å². The van der Waals surface area contributed by atoms with E-state index in [1.807, 2.05) is 27.7 Å². The van der Waals surface area contributed by atoms with Gasteiger partial charge in [-0.05, 0) is 26.7 Å². The van der Waals surface area contributed by atoms with Crippen LogP contribution in [0.25, 0.3) is 0 Å². The number of amides is 2. The highest BCUT2D eigenvalue weighted by Crippen LogP contribution is 2.29. The first-order chi connectivity index (χ1) is 8.71. The van der Waals surface area contributed by atoms with Gasteiger partial charge in [0.25, 0.3) is 0 Å². The zero-order valence-electron chi connectivity index (χ0n) is 12.4. The van der Waals surface area contributed by atoms with Gasteiger partial charge in [-0.3, -0.25) is 9.59 Å². The molecule has 5 nitrogen and oxygen atoms in total. The molecule has 3 N–H and O–H groups in total. The first-order valence-electron chi connectivity index (χ1n) is 6.56. The lowest BCUT2D eigenvalue weighted by Crippen LogP contribution is -2.51. The van der Waals surface area contributed by atoms with E-state index in [1.165, 1.54) is 4.90 Å². The molecule has 0 aromatic rings. The number of nitrogens with one attached hydrogen (secondary N) is 1. The minimum Gasteiger partial charge on any atom is -0.392 e. The molecule has 6 heteroatoms. The second kappa shape index (κ2) is 7.43. The van der Waals surface area contributed by atoms with Gasteiger partial charge in [0.05, 0.1) is 16.9 Å². The second-order valence-electron chi connectivity index (χ2n) is 5.04. The van der Waals surface area contributed by atoms with Gasteiger partial charge in [-0.25, -0.2) is 0 Å². The van der Waals surface area contributed by atoms with Gasteiger partial charge in [0.2, 0.25) is 11.8 Å². The zero-order chi connectivity index (χ0) is 15.2. The van der Waals surface area contributed by atoms with E-state index in [0.717, 1.165) is 0 Å². The van der Waals surface area contributed by atoms with E-state index in [0.29, 0.717) is 12.8 Å². The lowest BCUT2D eigenvalue weighted by Gasteiger charge is -2.33. The number of hydrogen-bond acceptors (Lipinski definition) is 3. The lowest BCUT2D eigenvalue weighted by molar-refractivity contribution is -0.140. The minimum atomic E-state index is -0.845. The highest BCUT2D eigenvalue weighted by molar-refractivity contribution is 7.80. The van der Waals surface area contributed by atoms with E-state index in [-0.39, 0.29) is 29.4 Å². The van der Waals surface area contributed by atoms with E-state index < -0.39 is 5.41 Å². The van der Waals surface area contributed by atoms with E-state index in [2.05, 4.69) is 5.32 Å². The maximum Gasteiger partial charge on any atom is 0.239 e. The van der Waals surface area contributed by atoms with Gasteiger partial charge in [0, 0.05) is 13.1 Å². The first-order valence-corrected chi connectivity index (χ1v) is 6.96. The first kappa shape index (κ1) is 17.8. The fourth-order valence-corrected chi connectivity index (χ4v) is 2.40. The van der Waals surface area contributed by atoms with Crippen LogP contribution >= 0.6 is 12.2 Å². The Bertz CT molecular complexity index is 352. The van der Waals surface area contributed by atoms with Crippen molar-refractivity contribution in [2.75, 3.05) is 13.6 Å². The quantitative estimate of drug-likeness (QED) is 0.687. The summed E-state index contributed by atoms with van der Waals surface area (Å²) in [6.07, 6.45) is 1.07. The number of rotatable bonds is 7. The lowest BCUT2D eigenvalue weighted by atomic mass is 9.81. The predicted molar refractivity (Wildman–Crippen MR) is 80.7 cm³/mol.